The number of hydrogen-bond acceptors (Lipinski definition) is 2. The number of allylic oxidation sites excluding steroid dienone is 1. The molecule has 0 aromatic heterocycles. The minimum Gasteiger partial charge on any atom is -0.381 e. The molecule has 1 amide bonds. The number of amides is 1. The fraction of sp³-hybridized carbons (Fsp3) is 0.786. The standard InChI is InChI=1S/C14H25NO2/c1-2-3-4-5-6-7-8-14(16)15-11-13-9-10-17-12-13/h7-8,13H,2-6,9-12H2,1H3,(H,15,16)/b8-7+. The van der Waals surface area contributed by atoms with E-state index in [1.807, 2.05) is 6.08 Å². The summed E-state index contributed by atoms with van der Waals surface area (Å²) in [4.78, 5) is 11.4. The van der Waals surface area contributed by atoms with Gasteiger partial charge in [0.25, 0.3) is 0 Å². The van der Waals surface area contributed by atoms with Crippen LogP contribution in [0.15, 0.2) is 12.2 Å². The summed E-state index contributed by atoms with van der Waals surface area (Å²) in [6.45, 7) is 4.59. The summed E-state index contributed by atoms with van der Waals surface area (Å²) >= 11 is 0. The molecule has 3 nitrogen and oxygen atoms in total. The molecule has 17 heavy (non-hydrogen) atoms. The minimum atomic E-state index is 0.0346. The molecule has 1 aliphatic rings. The van der Waals surface area contributed by atoms with E-state index in [1.54, 1.807) is 6.08 Å². The molecule has 1 aliphatic heterocycles. The van der Waals surface area contributed by atoms with E-state index in [0.717, 1.165) is 32.6 Å². The van der Waals surface area contributed by atoms with E-state index >= 15 is 0 Å². The second-order valence-electron chi connectivity index (χ2n) is 4.73. The lowest BCUT2D eigenvalue weighted by Gasteiger charge is -2.07. The Hall–Kier alpha value is -0.830. The average Bonchev–Trinajstić information content (AvgIpc) is 2.84. The highest BCUT2D eigenvalue weighted by Crippen LogP contribution is 2.10. The van der Waals surface area contributed by atoms with E-state index in [4.69, 9.17) is 4.74 Å². The molecule has 1 heterocycles. The maximum absolute atomic E-state index is 11.4. The number of nitrogens with one attached hydrogen (secondary N) is 1. The van der Waals surface area contributed by atoms with Crippen molar-refractivity contribution in [2.24, 2.45) is 5.92 Å². The van der Waals surface area contributed by atoms with Crippen molar-refractivity contribution in [2.45, 2.75) is 45.4 Å². The monoisotopic (exact) mass is 239 g/mol. The summed E-state index contributed by atoms with van der Waals surface area (Å²) in [6, 6.07) is 0. The van der Waals surface area contributed by atoms with Crippen molar-refractivity contribution >= 4 is 5.91 Å². The van der Waals surface area contributed by atoms with Gasteiger partial charge in [0.05, 0.1) is 6.61 Å². The summed E-state index contributed by atoms with van der Waals surface area (Å²) in [5, 5.41) is 2.92. The van der Waals surface area contributed by atoms with Crippen molar-refractivity contribution in [1.29, 1.82) is 0 Å². The molecule has 0 radical (unpaired) electrons. The third-order valence-corrected chi connectivity index (χ3v) is 3.08. The number of rotatable bonds is 8. The normalized spacial score (nSPS) is 19.9. The highest BCUT2D eigenvalue weighted by molar-refractivity contribution is 5.87. The second kappa shape index (κ2) is 9.23. The maximum Gasteiger partial charge on any atom is 0.243 e. The zero-order valence-corrected chi connectivity index (χ0v) is 10.9. The Kier molecular flexibility index (Phi) is 7.72. The SMILES string of the molecule is CCCCCC/C=C/C(=O)NCC1CCOC1. The van der Waals surface area contributed by atoms with E-state index < -0.39 is 0 Å². The first kappa shape index (κ1) is 14.2. The van der Waals surface area contributed by atoms with Crippen LogP contribution < -0.4 is 5.32 Å². The van der Waals surface area contributed by atoms with Crippen LogP contribution >= 0.6 is 0 Å². The van der Waals surface area contributed by atoms with Gasteiger partial charge < -0.3 is 10.1 Å². The van der Waals surface area contributed by atoms with Crippen LogP contribution in [0.4, 0.5) is 0 Å². The second-order valence-corrected chi connectivity index (χ2v) is 4.73. The number of ether oxygens (including phenoxy) is 1. The number of carbonyl (C=O) groups is 1. The van der Waals surface area contributed by atoms with Gasteiger partial charge in [0.2, 0.25) is 5.91 Å². The number of carbonyl (C=O) groups excluding carboxylic acids is 1. The van der Waals surface area contributed by atoms with Crippen molar-refractivity contribution in [2.75, 3.05) is 19.8 Å². The Morgan fingerprint density at radius 1 is 1.41 bits per heavy atom. The lowest BCUT2D eigenvalue weighted by atomic mass is 10.1. The van der Waals surface area contributed by atoms with Gasteiger partial charge in [-0.1, -0.05) is 32.3 Å². The number of hydrogen-bond donors (Lipinski definition) is 1. The van der Waals surface area contributed by atoms with Gasteiger partial charge in [0.15, 0.2) is 0 Å². The molecule has 1 unspecified atom stereocenters. The van der Waals surface area contributed by atoms with Crippen LogP contribution in [0.25, 0.3) is 0 Å². The molecule has 0 bridgehead atoms. The summed E-state index contributed by atoms with van der Waals surface area (Å²) in [5.74, 6) is 0.546. The van der Waals surface area contributed by atoms with Crippen molar-refractivity contribution in [3.05, 3.63) is 12.2 Å². The lowest BCUT2D eigenvalue weighted by Crippen LogP contribution is -2.27. The molecule has 1 fully saturated rings. The summed E-state index contributed by atoms with van der Waals surface area (Å²) in [7, 11) is 0. The van der Waals surface area contributed by atoms with Gasteiger partial charge in [-0.15, -0.1) is 0 Å². The predicted octanol–water partition coefficient (Wildman–Crippen LogP) is 2.67. The van der Waals surface area contributed by atoms with Gasteiger partial charge in [-0.25, -0.2) is 0 Å². The van der Waals surface area contributed by atoms with Gasteiger partial charge in [-0.2, -0.15) is 0 Å². The first-order valence-electron chi connectivity index (χ1n) is 6.85. The Labute approximate surface area is 105 Å². The molecule has 0 aromatic carbocycles. The molecule has 1 rings (SSSR count). The van der Waals surface area contributed by atoms with Crippen LogP contribution in [-0.2, 0) is 9.53 Å². The van der Waals surface area contributed by atoms with Crippen LogP contribution in [0, 0.1) is 5.92 Å². The van der Waals surface area contributed by atoms with E-state index in [-0.39, 0.29) is 5.91 Å². The van der Waals surface area contributed by atoms with Gasteiger partial charge >= 0.3 is 0 Å². The van der Waals surface area contributed by atoms with Gasteiger partial charge in [0, 0.05) is 19.1 Å². The van der Waals surface area contributed by atoms with Crippen molar-refractivity contribution < 1.29 is 9.53 Å². The Bertz CT molecular complexity index is 232. The van der Waals surface area contributed by atoms with E-state index in [1.165, 1.54) is 25.7 Å². The van der Waals surface area contributed by atoms with Gasteiger partial charge in [-0.3, -0.25) is 4.79 Å². The predicted molar refractivity (Wildman–Crippen MR) is 69.8 cm³/mol. The Morgan fingerprint density at radius 2 is 2.29 bits per heavy atom. The molecule has 0 spiro atoms. The highest BCUT2D eigenvalue weighted by atomic mass is 16.5. The van der Waals surface area contributed by atoms with Crippen molar-refractivity contribution in [3.8, 4) is 0 Å². The van der Waals surface area contributed by atoms with Crippen molar-refractivity contribution in [3.63, 3.8) is 0 Å². The molecular formula is C14H25NO2. The van der Waals surface area contributed by atoms with Gasteiger partial charge in [0.1, 0.15) is 0 Å². The molecule has 0 saturated carbocycles. The zero-order valence-electron chi connectivity index (χ0n) is 10.9. The fourth-order valence-corrected chi connectivity index (χ4v) is 1.93. The molecule has 98 valence electrons. The van der Waals surface area contributed by atoms with Crippen LogP contribution in [0.3, 0.4) is 0 Å². The van der Waals surface area contributed by atoms with E-state index in [9.17, 15) is 4.79 Å². The molecule has 0 aliphatic carbocycles. The summed E-state index contributed by atoms with van der Waals surface area (Å²) < 4.78 is 5.26. The first-order valence-corrected chi connectivity index (χ1v) is 6.85. The molecule has 3 heteroatoms. The molecular weight excluding hydrogens is 214 g/mol. The quantitative estimate of drug-likeness (QED) is 0.522. The highest BCUT2D eigenvalue weighted by Gasteiger charge is 2.15. The first-order chi connectivity index (χ1) is 8.33. The molecule has 1 saturated heterocycles. The van der Waals surface area contributed by atoms with Crippen LogP contribution in [0.5, 0.6) is 0 Å². The van der Waals surface area contributed by atoms with Gasteiger partial charge in [-0.05, 0) is 25.3 Å². The third-order valence-electron chi connectivity index (χ3n) is 3.08. The summed E-state index contributed by atoms with van der Waals surface area (Å²) in [6.07, 6.45) is 10.7. The van der Waals surface area contributed by atoms with Crippen molar-refractivity contribution in [1.82, 2.24) is 5.32 Å². The number of unbranched alkanes of at least 4 members (excludes halogenated alkanes) is 4. The topological polar surface area (TPSA) is 38.3 Å². The third kappa shape index (κ3) is 7.16. The molecule has 1 atom stereocenters. The lowest BCUT2D eigenvalue weighted by molar-refractivity contribution is -0.116. The largest absolute Gasteiger partial charge is 0.381 e. The molecule has 0 aromatic rings. The van der Waals surface area contributed by atoms with Crippen LogP contribution in [-0.4, -0.2) is 25.7 Å². The van der Waals surface area contributed by atoms with Crippen LogP contribution in [0.1, 0.15) is 45.4 Å². The Morgan fingerprint density at radius 3 is 3.00 bits per heavy atom. The summed E-state index contributed by atoms with van der Waals surface area (Å²) in [5.41, 5.74) is 0. The maximum atomic E-state index is 11.4. The average molecular weight is 239 g/mol. The minimum absolute atomic E-state index is 0.0346. The van der Waals surface area contributed by atoms with E-state index in [0.29, 0.717) is 5.92 Å². The van der Waals surface area contributed by atoms with E-state index in [2.05, 4.69) is 12.2 Å². The smallest absolute Gasteiger partial charge is 0.243 e. The fourth-order valence-electron chi connectivity index (χ4n) is 1.93. The van der Waals surface area contributed by atoms with Crippen LogP contribution in [0.2, 0.25) is 0 Å². The zero-order chi connectivity index (χ0) is 12.3. The Balaban J connectivity index is 1.97. The molecule has 1 N–H and O–H groups in total.